The molecule has 4 heterocycles. The summed E-state index contributed by atoms with van der Waals surface area (Å²) in [7, 11) is 0. The van der Waals surface area contributed by atoms with Crippen LogP contribution in [0.1, 0.15) is 49.9 Å². The van der Waals surface area contributed by atoms with E-state index >= 15 is 0 Å². The smallest absolute Gasteiger partial charge is 0.0547 e. The average molecular weight is 1450 g/mol. The molecule has 4 aromatic heterocycles. The van der Waals surface area contributed by atoms with Crippen molar-refractivity contribution in [2.24, 2.45) is 0 Å². The monoisotopic (exact) mass is 1450 g/mol. The highest BCUT2D eigenvalue weighted by atomic mass is 15.0. The second kappa shape index (κ2) is 25.1. The standard InChI is InChI=1S/2C55H38N2/c1-55(2)48-20-10-8-18-42(48)44-34-54-47(33-49(44)55)46-32-39(25-29-52(46)56(54)40-27-23-36(24-28-40)35-13-4-3-5-14-35)38-26-30-53-45(31-38)43-19-9-11-21-51(43)57(53)50-22-12-16-37-15-6-7-17-41(37)50;1-55(2)48-20-10-8-18-42(48)44-33-47-46-32-39(25-29-52(46)56(54(47)34-49(44)55)40-27-23-36(24-28-40)35-13-4-3-5-14-35)38-26-30-53-45(31-38)43-19-9-11-21-51(43)57(53)50-22-12-16-37-15-6-7-17-41(37)50/h2*3-34H,1-2H3. The van der Waals surface area contributed by atoms with Crippen molar-refractivity contribution in [3.8, 4) is 89.5 Å². The van der Waals surface area contributed by atoms with Crippen molar-refractivity contribution in [2.75, 3.05) is 0 Å². The first kappa shape index (κ1) is 65.6. The Labute approximate surface area is 661 Å². The van der Waals surface area contributed by atoms with Crippen molar-refractivity contribution in [2.45, 2.75) is 38.5 Å². The van der Waals surface area contributed by atoms with Crippen molar-refractivity contribution in [3.05, 3.63) is 411 Å². The van der Waals surface area contributed by atoms with Gasteiger partial charge in [0.15, 0.2) is 0 Å². The van der Waals surface area contributed by atoms with Crippen molar-refractivity contribution in [3.63, 3.8) is 0 Å². The number of fused-ring (bicyclic) bond motifs is 20. The maximum atomic E-state index is 2.49. The summed E-state index contributed by atoms with van der Waals surface area (Å²) in [6.45, 7) is 9.49. The fourth-order valence-corrected chi connectivity index (χ4v) is 19.8. The van der Waals surface area contributed by atoms with Crippen molar-refractivity contribution in [1.29, 1.82) is 0 Å². The lowest BCUT2D eigenvalue weighted by molar-refractivity contribution is 0.661. The predicted octanol–water partition coefficient (Wildman–Crippen LogP) is 29.3. The van der Waals surface area contributed by atoms with Crippen LogP contribution in [0.4, 0.5) is 0 Å². The second-order valence-corrected chi connectivity index (χ2v) is 32.3. The highest BCUT2D eigenvalue weighted by Crippen LogP contribution is 2.54. The van der Waals surface area contributed by atoms with Crippen LogP contribution in [0.25, 0.3) is 198 Å². The molecule has 114 heavy (non-hydrogen) atoms. The van der Waals surface area contributed by atoms with Gasteiger partial charge in [-0.3, -0.25) is 0 Å². The molecule has 0 fully saturated rings. The first-order valence-corrected chi connectivity index (χ1v) is 39.9. The number of rotatable bonds is 8. The third-order valence-corrected chi connectivity index (χ3v) is 25.4. The Kier molecular flexibility index (Phi) is 14.4. The Morgan fingerprint density at radius 2 is 0.474 bits per heavy atom. The molecule has 22 aromatic rings. The molecule has 0 N–H and O–H groups in total. The molecule has 0 radical (unpaired) electrons. The average Bonchev–Trinajstić information content (AvgIpc) is 1.56. The molecule has 4 nitrogen and oxygen atoms in total. The third kappa shape index (κ3) is 9.90. The first-order valence-electron chi connectivity index (χ1n) is 39.9. The summed E-state index contributed by atoms with van der Waals surface area (Å²) < 4.78 is 9.83. The fraction of sp³-hybridized carbons (Fsp3) is 0.0545. The minimum absolute atomic E-state index is 0.0905. The largest absolute Gasteiger partial charge is 0.309 e. The summed E-state index contributed by atoms with van der Waals surface area (Å²) in [6, 6.07) is 144. The summed E-state index contributed by atoms with van der Waals surface area (Å²) in [5, 5.41) is 15.1. The molecule has 4 heteroatoms. The van der Waals surface area contributed by atoms with E-state index in [2.05, 4.69) is 434 Å². The van der Waals surface area contributed by atoms with Crippen molar-refractivity contribution < 1.29 is 0 Å². The molecule has 0 saturated carbocycles. The Bertz CT molecular complexity index is 7730. The Morgan fingerprint density at radius 1 is 0.167 bits per heavy atom. The quantitative estimate of drug-likeness (QED) is 0.144. The van der Waals surface area contributed by atoms with Gasteiger partial charge in [-0.1, -0.05) is 295 Å². The molecule has 2 aliphatic rings. The maximum Gasteiger partial charge on any atom is 0.0547 e. The van der Waals surface area contributed by atoms with Gasteiger partial charge in [0.05, 0.1) is 55.5 Å². The highest BCUT2D eigenvalue weighted by Gasteiger charge is 2.38. The van der Waals surface area contributed by atoms with Crippen LogP contribution in [0.5, 0.6) is 0 Å². The van der Waals surface area contributed by atoms with E-state index in [-0.39, 0.29) is 10.8 Å². The van der Waals surface area contributed by atoms with Crippen LogP contribution < -0.4 is 0 Å². The van der Waals surface area contributed by atoms with E-state index in [0.29, 0.717) is 0 Å². The van der Waals surface area contributed by atoms with E-state index in [1.807, 2.05) is 0 Å². The molecule has 2 aliphatic carbocycles. The molecule has 536 valence electrons. The van der Waals surface area contributed by atoms with Gasteiger partial charge in [0.1, 0.15) is 0 Å². The minimum atomic E-state index is -0.0929. The van der Waals surface area contributed by atoms with E-state index in [0.717, 1.165) is 5.69 Å². The van der Waals surface area contributed by atoms with Crippen molar-refractivity contribution in [1.82, 2.24) is 18.3 Å². The number of hydrogen-bond donors (Lipinski definition) is 0. The van der Waals surface area contributed by atoms with Crippen LogP contribution in [0.3, 0.4) is 0 Å². The van der Waals surface area contributed by atoms with Crippen LogP contribution >= 0.6 is 0 Å². The number of benzene rings is 18. The van der Waals surface area contributed by atoms with Gasteiger partial charge in [0.25, 0.3) is 0 Å². The van der Waals surface area contributed by atoms with Gasteiger partial charge in [0, 0.05) is 76.1 Å². The predicted molar refractivity (Wildman–Crippen MR) is 482 cm³/mol. The zero-order chi connectivity index (χ0) is 75.7. The molecule has 0 aliphatic heterocycles. The van der Waals surface area contributed by atoms with Gasteiger partial charge < -0.3 is 18.3 Å². The molecule has 0 bridgehead atoms. The minimum Gasteiger partial charge on any atom is -0.309 e. The summed E-state index contributed by atoms with van der Waals surface area (Å²) >= 11 is 0. The molecule has 0 unspecified atom stereocenters. The number of aromatic nitrogens is 4. The molecular weight excluding hydrogens is 1380 g/mol. The topological polar surface area (TPSA) is 19.7 Å². The molecule has 0 spiro atoms. The number of hydrogen-bond acceptors (Lipinski definition) is 0. The van der Waals surface area contributed by atoms with Crippen LogP contribution in [-0.2, 0) is 10.8 Å². The molecule has 18 aromatic carbocycles. The Balaban J connectivity index is 0.000000135. The lowest BCUT2D eigenvalue weighted by Gasteiger charge is -2.21. The lowest BCUT2D eigenvalue weighted by atomic mass is 9.82. The molecule has 0 amide bonds. The maximum absolute atomic E-state index is 2.49. The summed E-state index contributed by atoms with van der Waals surface area (Å²) in [5.74, 6) is 0. The summed E-state index contributed by atoms with van der Waals surface area (Å²) in [5.41, 5.74) is 35.0. The van der Waals surface area contributed by atoms with Gasteiger partial charge in [-0.15, -0.1) is 0 Å². The van der Waals surface area contributed by atoms with E-state index in [4.69, 9.17) is 0 Å². The number of para-hydroxylation sites is 2. The van der Waals surface area contributed by atoms with Gasteiger partial charge in [-0.25, -0.2) is 0 Å². The van der Waals surface area contributed by atoms with Gasteiger partial charge >= 0.3 is 0 Å². The normalized spacial score (nSPS) is 13.2. The molecule has 0 atom stereocenters. The van der Waals surface area contributed by atoms with Gasteiger partial charge in [0.2, 0.25) is 0 Å². The molecule has 24 rings (SSSR count). The van der Waals surface area contributed by atoms with E-state index in [1.54, 1.807) is 0 Å². The second-order valence-electron chi connectivity index (χ2n) is 32.3. The van der Waals surface area contributed by atoms with E-state index in [1.165, 1.54) is 215 Å². The Hall–Kier alpha value is -14.3. The van der Waals surface area contributed by atoms with E-state index < -0.39 is 0 Å². The third-order valence-electron chi connectivity index (χ3n) is 25.4. The summed E-state index contributed by atoms with van der Waals surface area (Å²) in [4.78, 5) is 0. The SMILES string of the molecule is CC1(C)c2ccccc2-c2cc3c(cc21)c1cc(-c2ccc4c(c2)c2ccccc2n4-c2cccc4ccccc24)ccc1n3-c1ccc(-c2ccccc2)cc1.CC1(C)c2ccccc2-c2cc3c4cc(-c5ccc6c(c5)c5ccccc5n6-c5cccc6ccccc56)ccc4n(-c4ccc(-c5ccccc5)cc4)c3cc21. The van der Waals surface area contributed by atoms with Gasteiger partial charge in [-0.05, 0) is 221 Å². The lowest BCUT2D eigenvalue weighted by Crippen LogP contribution is -2.14. The highest BCUT2D eigenvalue weighted by molar-refractivity contribution is 6.17. The zero-order valence-electron chi connectivity index (χ0n) is 63.7. The molecule has 0 saturated heterocycles. The summed E-state index contributed by atoms with van der Waals surface area (Å²) in [6.07, 6.45) is 0. The first-order chi connectivity index (χ1) is 56.1. The fourth-order valence-electron chi connectivity index (χ4n) is 19.8. The Morgan fingerprint density at radius 3 is 0.930 bits per heavy atom. The zero-order valence-corrected chi connectivity index (χ0v) is 63.7. The number of nitrogens with zero attached hydrogens (tertiary/aromatic N) is 4. The van der Waals surface area contributed by atoms with Crippen LogP contribution in [0.2, 0.25) is 0 Å². The van der Waals surface area contributed by atoms with Crippen molar-refractivity contribution >= 4 is 109 Å². The van der Waals surface area contributed by atoms with Gasteiger partial charge in [-0.2, -0.15) is 0 Å². The van der Waals surface area contributed by atoms with Crippen LogP contribution in [0, 0.1) is 0 Å². The van der Waals surface area contributed by atoms with Crippen LogP contribution in [-0.4, -0.2) is 18.3 Å². The molecular formula is C110H76N4. The van der Waals surface area contributed by atoms with E-state index in [9.17, 15) is 0 Å². The van der Waals surface area contributed by atoms with Crippen LogP contribution in [0.15, 0.2) is 388 Å².